The Labute approximate surface area is 172 Å². The molecule has 0 aromatic heterocycles. The maximum Gasteiger partial charge on any atom is 0.416 e. The third-order valence-corrected chi connectivity index (χ3v) is 6.03. The van der Waals surface area contributed by atoms with Crippen molar-refractivity contribution in [2.45, 2.75) is 37.8 Å². The summed E-state index contributed by atoms with van der Waals surface area (Å²) in [4.78, 5) is 14.2. The zero-order valence-electron chi connectivity index (χ0n) is 16.3. The molecule has 1 N–H and O–H groups in total. The molecule has 2 aromatic rings. The number of halogens is 3. The fourth-order valence-electron chi connectivity index (χ4n) is 3.08. The van der Waals surface area contributed by atoms with Crippen LogP contribution in [0.3, 0.4) is 0 Å². The van der Waals surface area contributed by atoms with E-state index >= 15 is 0 Å². The van der Waals surface area contributed by atoms with Gasteiger partial charge in [0.1, 0.15) is 10.7 Å². The van der Waals surface area contributed by atoms with E-state index in [0.29, 0.717) is 18.1 Å². The Morgan fingerprint density at radius 2 is 1.80 bits per heavy atom. The third-order valence-electron chi connectivity index (χ3n) is 4.64. The fourth-order valence-corrected chi connectivity index (χ4v) is 4.34. The highest BCUT2D eigenvalue weighted by Crippen LogP contribution is 2.33. The van der Waals surface area contributed by atoms with Gasteiger partial charge in [-0.05, 0) is 55.8 Å². The average molecular weight is 439 g/mol. The van der Waals surface area contributed by atoms with Gasteiger partial charge in [-0.15, -0.1) is 4.40 Å². The number of unbranched alkanes of at least 4 members (excludes halogenated alkanes) is 1. The number of fused-ring (bicyclic) bond motifs is 1. The molecule has 1 amide bonds. The highest BCUT2D eigenvalue weighted by atomic mass is 32.2. The third kappa shape index (κ3) is 4.48. The summed E-state index contributed by atoms with van der Waals surface area (Å²) in [6.07, 6.45) is -2.72. The lowest BCUT2D eigenvalue weighted by molar-refractivity contribution is -0.137. The Kier molecular flexibility index (Phi) is 5.89. The van der Waals surface area contributed by atoms with Crippen LogP contribution in [0.4, 0.5) is 24.5 Å². The van der Waals surface area contributed by atoms with Crippen LogP contribution in [0.15, 0.2) is 51.8 Å². The van der Waals surface area contributed by atoms with E-state index in [-0.39, 0.29) is 16.1 Å². The number of amidine groups is 1. The predicted octanol–water partition coefficient (Wildman–Crippen LogP) is 4.68. The topological polar surface area (TPSA) is 78.8 Å². The quantitative estimate of drug-likeness (QED) is 0.734. The van der Waals surface area contributed by atoms with Gasteiger partial charge in [-0.3, -0.25) is 4.79 Å². The molecule has 0 spiro atoms. The Balaban J connectivity index is 1.88. The fraction of sp³-hybridized carbons (Fsp3) is 0.300. The number of carbonyl (C=O) groups excluding carboxylic acids is 1. The maximum absolute atomic E-state index is 12.7. The van der Waals surface area contributed by atoms with Gasteiger partial charge in [0.25, 0.3) is 15.9 Å². The van der Waals surface area contributed by atoms with Crippen LogP contribution in [-0.2, 0) is 16.2 Å². The largest absolute Gasteiger partial charge is 0.416 e. The summed E-state index contributed by atoms with van der Waals surface area (Å²) in [5.74, 6) is -0.281. The van der Waals surface area contributed by atoms with Crippen LogP contribution < -0.4 is 10.2 Å². The number of nitrogens with one attached hydrogen (secondary N) is 1. The molecule has 0 bridgehead atoms. The number of rotatable bonds is 5. The first-order chi connectivity index (χ1) is 14.0. The molecule has 3 rings (SSSR count). The first-order valence-electron chi connectivity index (χ1n) is 9.24. The zero-order chi connectivity index (χ0) is 22.1. The average Bonchev–Trinajstić information content (AvgIpc) is 2.67. The van der Waals surface area contributed by atoms with Gasteiger partial charge in [-0.2, -0.15) is 21.6 Å². The van der Waals surface area contributed by atoms with E-state index < -0.39 is 27.7 Å². The number of anilines is 2. The normalized spacial score (nSPS) is 15.4. The van der Waals surface area contributed by atoms with Gasteiger partial charge in [0.2, 0.25) is 0 Å². The van der Waals surface area contributed by atoms with Gasteiger partial charge in [0.05, 0.1) is 11.3 Å². The SMILES string of the molecule is CCCCN1C(C)=NS(=O)(=O)c2cc(C(=O)Nc3ccc(C(F)(F)F)cc3)ccc21. The minimum absolute atomic E-state index is 0.0578. The smallest absolute Gasteiger partial charge is 0.328 e. The second kappa shape index (κ2) is 8.10. The molecule has 30 heavy (non-hydrogen) atoms. The Hall–Kier alpha value is -2.88. The van der Waals surface area contributed by atoms with E-state index in [4.69, 9.17) is 0 Å². The summed E-state index contributed by atoms with van der Waals surface area (Å²) in [5, 5.41) is 2.47. The molecule has 160 valence electrons. The lowest BCUT2D eigenvalue weighted by atomic mass is 10.1. The number of nitrogens with zero attached hydrogens (tertiary/aromatic N) is 2. The van der Waals surface area contributed by atoms with Crippen molar-refractivity contribution >= 4 is 33.1 Å². The maximum atomic E-state index is 12.7. The number of alkyl halides is 3. The molecule has 0 saturated heterocycles. The number of sulfonamides is 1. The van der Waals surface area contributed by atoms with Crippen LogP contribution in [0, 0.1) is 0 Å². The van der Waals surface area contributed by atoms with E-state index in [1.165, 1.54) is 12.1 Å². The highest BCUT2D eigenvalue weighted by Gasteiger charge is 2.31. The van der Waals surface area contributed by atoms with Gasteiger partial charge in [-0.25, -0.2) is 0 Å². The molecule has 1 aliphatic rings. The standard InChI is InChI=1S/C20H20F3N3O3S/c1-3-4-11-26-13(2)25-30(28,29)18-12-14(5-10-17(18)26)19(27)24-16-8-6-15(7-9-16)20(21,22)23/h5-10,12H,3-4,11H2,1-2H3,(H,24,27). The molecular formula is C20H20F3N3O3S. The van der Waals surface area contributed by atoms with Crippen molar-refractivity contribution in [3.8, 4) is 0 Å². The summed E-state index contributed by atoms with van der Waals surface area (Å²) >= 11 is 0. The molecule has 0 aliphatic carbocycles. The number of amides is 1. The monoisotopic (exact) mass is 439 g/mol. The van der Waals surface area contributed by atoms with Crippen molar-refractivity contribution < 1.29 is 26.4 Å². The molecule has 0 unspecified atom stereocenters. The number of benzene rings is 2. The van der Waals surface area contributed by atoms with Gasteiger partial charge in [-0.1, -0.05) is 13.3 Å². The minimum atomic E-state index is -4.47. The van der Waals surface area contributed by atoms with Crippen LogP contribution >= 0.6 is 0 Å². The highest BCUT2D eigenvalue weighted by molar-refractivity contribution is 7.90. The Bertz CT molecular complexity index is 1090. The zero-order valence-corrected chi connectivity index (χ0v) is 17.1. The van der Waals surface area contributed by atoms with Crippen LogP contribution in [0.1, 0.15) is 42.6 Å². The summed E-state index contributed by atoms with van der Waals surface area (Å²) in [5.41, 5.74) is -0.169. The van der Waals surface area contributed by atoms with Crippen molar-refractivity contribution in [1.29, 1.82) is 0 Å². The van der Waals surface area contributed by atoms with Crippen LogP contribution in [0.5, 0.6) is 0 Å². The second-order valence-corrected chi connectivity index (χ2v) is 8.40. The molecule has 0 saturated carbocycles. The van der Waals surface area contributed by atoms with E-state index in [0.717, 1.165) is 37.1 Å². The molecule has 0 atom stereocenters. The van der Waals surface area contributed by atoms with E-state index in [9.17, 15) is 26.4 Å². The number of hydrogen-bond donors (Lipinski definition) is 1. The predicted molar refractivity (Wildman–Crippen MR) is 108 cm³/mol. The molecule has 1 aliphatic heterocycles. The summed E-state index contributed by atoms with van der Waals surface area (Å²) in [6, 6.07) is 8.24. The van der Waals surface area contributed by atoms with Crippen molar-refractivity contribution in [3.63, 3.8) is 0 Å². The Morgan fingerprint density at radius 1 is 1.13 bits per heavy atom. The number of hydrogen-bond acceptors (Lipinski definition) is 4. The molecule has 10 heteroatoms. The lowest BCUT2D eigenvalue weighted by Crippen LogP contribution is -2.34. The summed E-state index contributed by atoms with van der Waals surface area (Å²) in [7, 11) is -3.96. The van der Waals surface area contributed by atoms with Crippen molar-refractivity contribution in [2.24, 2.45) is 4.40 Å². The Morgan fingerprint density at radius 3 is 2.40 bits per heavy atom. The number of carbonyl (C=O) groups is 1. The van der Waals surface area contributed by atoms with Crippen LogP contribution in [0.2, 0.25) is 0 Å². The first-order valence-corrected chi connectivity index (χ1v) is 10.7. The second-order valence-electron chi connectivity index (χ2n) is 6.83. The van der Waals surface area contributed by atoms with Crippen molar-refractivity contribution in [3.05, 3.63) is 53.6 Å². The molecule has 0 radical (unpaired) electrons. The van der Waals surface area contributed by atoms with Gasteiger partial charge in [0.15, 0.2) is 0 Å². The van der Waals surface area contributed by atoms with Crippen LogP contribution in [-0.4, -0.2) is 26.7 Å². The first kappa shape index (κ1) is 21.8. The van der Waals surface area contributed by atoms with Gasteiger partial charge >= 0.3 is 6.18 Å². The van der Waals surface area contributed by atoms with Gasteiger partial charge in [0, 0.05) is 17.8 Å². The molecular weight excluding hydrogens is 419 g/mol. The van der Waals surface area contributed by atoms with Crippen LogP contribution in [0.25, 0.3) is 0 Å². The van der Waals surface area contributed by atoms with E-state index in [1.54, 1.807) is 17.9 Å². The van der Waals surface area contributed by atoms with E-state index in [1.807, 2.05) is 6.92 Å². The van der Waals surface area contributed by atoms with Crippen molar-refractivity contribution in [1.82, 2.24) is 0 Å². The minimum Gasteiger partial charge on any atom is -0.328 e. The van der Waals surface area contributed by atoms with Gasteiger partial charge < -0.3 is 10.2 Å². The van der Waals surface area contributed by atoms with Crippen molar-refractivity contribution in [2.75, 3.05) is 16.8 Å². The molecule has 0 fully saturated rings. The molecule has 1 heterocycles. The lowest BCUT2D eigenvalue weighted by Gasteiger charge is -2.29. The summed E-state index contributed by atoms with van der Waals surface area (Å²) in [6.45, 7) is 4.22. The van der Waals surface area contributed by atoms with E-state index in [2.05, 4.69) is 9.71 Å². The molecule has 2 aromatic carbocycles. The molecule has 6 nitrogen and oxygen atoms in total. The summed E-state index contributed by atoms with van der Waals surface area (Å²) < 4.78 is 66.8.